The van der Waals surface area contributed by atoms with Crippen LogP contribution in [0.15, 0.2) is 22.7 Å². The number of hydrogen-bond donors (Lipinski definition) is 0. The standard InChI is InChI=1S/C15H21BrN2/c1-17-7-5-15(6-8-17)18-9-4-12-10-14(16)3-2-13(12)11-18/h2-3,10,15H,4-9,11H2,1H3. The maximum Gasteiger partial charge on any atom is 0.0239 e. The molecule has 2 aliphatic rings. The molecule has 0 aliphatic carbocycles. The normalized spacial score (nSPS) is 23.0. The van der Waals surface area contributed by atoms with Gasteiger partial charge in [-0.1, -0.05) is 22.0 Å². The topological polar surface area (TPSA) is 6.48 Å². The lowest BCUT2D eigenvalue weighted by Gasteiger charge is -2.39. The zero-order chi connectivity index (χ0) is 12.5. The van der Waals surface area contributed by atoms with Crippen LogP contribution in [0.3, 0.4) is 0 Å². The van der Waals surface area contributed by atoms with Gasteiger partial charge in [-0.2, -0.15) is 0 Å². The van der Waals surface area contributed by atoms with Crippen LogP contribution in [-0.2, 0) is 13.0 Å². The summed E-state index contributed by atoms with van der Waals surface area (Å²) in [5.74, 6) is 0. The monoisotopic (exact) mass is 308 g/mol. The SMILES string of the molecule is CN1CCC(N2CCc3cc(Br)ccc3C2)CC1. The highest BCUT2D eigenvalue weighted by Gasteiger charge is 2.26. The molecule has 3 rings (SSSR count). The van der Waals surface area contributed by atoms with Crippen molar-refractivity contribution in [3.8, 4) is 0 Å². The first-order valence-corrected chi connectivity index (χ1v) is 7.71. The van der Waals surface area contributed by atoms with Crippen molar-refractivity contribution in [2.75, 3.05) is 26.7 Å². The molecule has 0 amide bonds. The number of piperidine rings is 1. The Labute approximate surface area is 118 Å². The highest BCUT2D eigenvalue weighted by molar-refractivity contribution is 9.10. The van der Waals surface area contributed by atoms with Crippen LogP contribution < -0.4 is 0 Å². The van der Waals surface area contributed by atoms with Gasteiger partial charge in [0.05, 0.1) is 0 Å². The Kier molecular flexibility index (Phi) is 3.73. The number of halogens is 1. The molecule has 2 heterocycles. The summed E-state index contributed by atoms with van der Waals surface area (Å²) in [5, 5.41) is 0. The molecular weight excluding hydrogens is 288 g/mol. The molecule has 0 N–H and O–H groups in total. The third-order valence-corrected chi connectivity index (χ3v) is 4.91. The molecule has 1 aromatic carbocycles. The van der Waals surface area contributed by atoms with E-state index >= 15 is 0 Å². The maximum atomic E-state index is 3.57. The van der Waals surface area contributed by atoms with E-state index in [0.29, 0.717) is 0 Å². The molecule has 1 saturated heterocycles. The number of benzene rings is 1. The summed E-state index contributed by atoms with van der Waals surface area (Å²) in [6.45, 7) is 4.90. The predicted octanol–water partition coefficient (Wildman–Crippen LogP) is 2.90. The number of hydrogen-bond acceptors (Lipinski definition) is 2. The quantitative estimate of drug-likeness (QED) is 0.787. The Bertz CT molecular complexity index is 425. The molecular formula is C15H21BrN2. The van der Waals surface area contributed by atoms with Gasteiger partial charge in [0.25, 0.3) is 0 Å². The molecule has 0 bridgehead atoms. The summed E-state index contributed by atoms with van der Waals surface area (Å²) in [5.41, 5.74) is 3.07. The lowest BCUT2D eigenvalue weighted by atomic mass is 9.95. The minimum absolute atomic E-state index is 0.804. The van der Waals surface area contributed by atoms with Crippen LogP contribution in [0.25, 0.3) is 0 Å². The van der Waals surface area contributed by atoms with Crippen LogP contribution in [0.1, 0.15) is 24.0 Å². The second-order valence-corrected chi connectivity index (χ2v) is 6.58. The van der Waals surface area contributed by atoms with Gasteiger partial charge in [0.2, 0.25) is 0 Å². The fraction of sp³-hybridized carbons (Fsp3) is 0.600. The first-order valence-electron chi connectivity index (χ1n) is 6.92. The van der Waals surface area contributed by atoms with Gasteiger partial charge in [0.1, 0.15) is 0 Å². The molecule has 0 radical (unpaired) electrons. The lowest BCUT2D eigenvalue weighted by molar-refractivity contribution is 0.109. The van der Waals surface area contributed by atoms with Crippen molar-refractivity contribution in [1.82, 2.24) is 9.80 Å². The van der Waals surface area contributed by atoms with E-state index < -0.39 is 0 Å². The molecule has 2 nitrogen and oxygen atoms in total. The van der Waals surface area contributed by atoms with Crippen molar-refractivity contribution in [2.24, 2.45) is 0 Å². The van der Waals surface area contributed by atoms with Gasteiger partial charge in [-0.05, 0) is 62.7 Å². The average Bonchev–Trinajstić information content (AvgIpc) is 2.39. The Balaban J connectivity index is 1.69. The Morgan fingerprint density at radius 1 is 1.11 bits per heavy atom. The van der Waals surface area contributed by atoms with Gasteiger partial charge in [0.15, 0.2) is 0 Å². The second-order valence-electron chi connectivity index (χ2n) is 5.67. The molecule has 0 atom stereocenters. The van der Waals surface area contributed by atoms with Crippen molar-refractivity contribution >= 4 is 15.9 Å². The van der Waals surface area contributed by atoms with Crippen molar-refractivity contribution in [3.05, 3.63) is 33.8 Å². The molecule has 3 heteroatoms. The summed E-state index contributed by atoms with van der Waals surface area (Å²) in [7, 11) is 2.24. The highest BCUT2D eigenvalue weighted by atomic mass is 79.9. The fourth-order valence-corrected chi connectivity index (χ4v) is 3.62. The third-order valence-electron chi connectivity index (χ3n) is 4.41. The molecule has 0 aromatic heterocycles. The molecule has 0 saturated carbocycles. The summed E-state index contributed by atoms with van der Waals surface area (Å²) in [4.78, 5) is 5.15. The Hall–Kier alpha value is -0.380. The van der Waals surface area contributed by atoms with Gasteiger partial charge in [-0.3, -0.25) is 4.90 Å². The maximum absolute atomic E-state index is 3.57. The van der Waals surface area contributed by atoms with Crippen molar-refractivity contribution < 1.29 is 0 Å². The van der Waals surface area contributed by atoms with Crippen LogP contribution in [-0.4, -0.2) is 42.5 Å². The molecule has 1 aromatic rings. The highest BCUT2D eigenvalue weighted by Crippen LogP contribution is 2.26. The summed E-state index contributed by atoms with van der Waals surface area (Å²) in [6.07, 6.45) is 3.88. The van der Waals surface area contributed by atoms with Crippen LogP contribution in [0, 0.1) is 0 Å². The lowest BCUT2D eigenvalue weighted by Crippen LogP contribution is -2.45. The van der Waals surface area contributed by atoms with E-state index in [1.54, 1.807) is 0 Å². The van der Waals surface area contributed by atoms with E-state index in [0.717, 1.165) is 12.6 Å². The van der Waals surface area contributed by atoms with E-state index in [-0.39, 0.29) is 0 Å². The largest absolute Gasteiger partial charge is 0.306 e. The van der Waals surface area contributed by atoms with Crippen molar-refractivity contribution in [1.29, 1.82) is 0 Å². The first-order chi connectivity index (χ1) is 8.72. The Morgan fingerprint density at radius 3 is 2.67 bits per heavy atom. The van der Waals surface area contributed by atoms with E-state index in [9.17, 15) is 0 Å². The van der Waals surface area contributed by atoms with Crippen molar-refractivity contribution in [3.63, 3.8) is 0 Å². The molecule has 2 aliphatic heterocycles. The average molecular weight is 309 g/mol. The van der Waals surface area contributed by atoms with Gasteiger partial charge < -0.3 is 4.90 Å². The van der Waals surface area contributed by atoms with Gasteiger partial charge in [-0.25, -0.2) is 0 Å². The first kappa shape index (κ1) is 12.6. The van der Waals surface area contributed by atoms with E-state index in [2.05, 4.69) is 51.0 Å². The van der Waals surface area contributed by atoms with Crippen molar-refractivity contribution in [2.45, 2.75) is 31.8 Å². The number of rotatable bonds is 1. The van der Waals surface area contributed by atoms with Crippen LogP contribution in [0.2, 0.25) is 0 Å². The smallest absolute Gasteiger partial charge is 0.0239 e. The van der Waals surface area contributed by atoms with E-state index in [1.807, 2.05) is 0 Å². The third kappa shape index (κ3) is 2.63. The van der Waals surface area contributed by atoms with Gasteiger partial charge in [0, 0.05) is 23.6 Å². The van der Waals surface area contributed by atoms with Crippen LogP contribution in [0.5, 0.6) is 0 Å². The molecule has 98 valence electrons. The zero-order valence-electron chi connectivity index (χ0n) is 11.0. The predicted molar refractivity (Wildman–Crippen MR) is 78.8 cm³/mol. The minimum atomic E-state index is 0.804. The molecule has 1 fully saturated rings. The molecule has 18 heavy (non-hydrogen) atoms. The summed E-state index contributed by atoms with van der Waals surface area (Å²) in [6, 6.07) is 7.57. The van der Waals surface area contributed by atoms with E-state index in [4.69, 9.17) is 0 Å². The fourth-order valence-electron chi connectivity index (χ4n) is 3.22. The van der Waals surface area contributed by atoms with Crippen LogP contribution in [0.4, 0.5) is 0 Å². The zero-order valence-corrected chi connectivity index (χ0v) is 12.6. The Morgan fingerprint density at radius 2 is 1.89 bits per heavy atom. The minimum Gasteiger partial charge on any atom is -0.306 e. The summed E-state index contributed by atoms with van der Waals surface area (Å²) < 4.78 is 1.22. The molecule has 0 spiro atoms. The van der Waals surface area contributed by atoms with Gasteiger partial charge in [-0.15, -0.1) is 0 Å². The number of nitrogens with zero attached hydrogens (tertiary/aromatic N) is 2. The van der Waals surface area contributed by atoms with Crippen LogP contribution >= 0.6 is 15.9 Å². The second kappa shape index (κ2) is 5.32. The molecule has 0 unspecified atom stereocenters. The summed E-state index contributed by atoms with van der Waals surface area (Å²) >= 11 is 3.57. The number of fused-ring (bicyclic) bond motifs is 1. The number of likely N-dealkylation sites (tertiary alicyclic amines) is 1. The van der Waals surface area contributed by atoms with Gasteiger partial charge >= 0.3 is 0 Å². The van der Waals surface area contributed by atoms with E-state index in [1.165, 1.54) is 54.5 Å².